The number of nitrogens with one attached hydrogen (secondary N) is 1. The van der Waals surface area contributed by atoms with Crippen LogP contribution in [0.2, 0.25) is 5.02 Å². The van der Waals surface area contributed by atoms with E-state index in [2.05, 4.69) is 9.71 Å². The summed E-state index contributed by atoms with van der Waals surface area (Å²) in [4.78, 5) is 3.70. The van der Waals surface area contributed by atoms with Crippen molar-refractivity contribution in [1.82, 2.24) is 9.71 Å². The lowest BCUT2D eigenvalue weighted by Crippen LogP contribution is -2.32. The molecule has 6 nitrogen and oxygen atoms in total. The second-order valence-electron chi connectivity index (χ2n) is 6.08. The van der Waals surface area contributed by atoms with Crippen molar-refractivity contribution in [2.75, 3.05) is 6.54 Å². The second-order valence-corrected chi connectivity index (χ2v) is 10.4. The van der Waals surface area contributed by atoms with Crippen molar-refractivity contribution < 1.29 is 21.2 Å². The molecule has 0 fully saturated rings. The number of benzene rings is 2. The van der Waals surface area contributed by atoms with E-state index in [1.54, 1.807) is 6.07 Å². The van der Waals surface area contributed by atoms with Crippen LogP contribution in [0.5, 0.6) is 0 Å². The van der Waals surface area contributed by atoms with Gasteiger partial charge in [0.25, 0.3) is 0 Å². The number of nitrogens with zero attached hydrogens (tertiary/aromatic N) is 1. The van der Waals surface area contributed by atoms with Crippen molar-refractivity contribution in [2.45, 2.75) is 15.0 Å². The van der Waals surface area contributed by atoms with Gasteiger partial charge in [0, 0.05) is 24.0 Å². The van der Waals surface area contributed by atoms with Crippen LogP contribution in [0.4, 0.5) is 4.39 Å². The van der Waals surface area contributed by atoms with E-state index in [0.29, 0.717) is 5.56 Å². The molecule has 29 heavy (non-hydrogen) atoms. The summed E-state index contributed by atoms with van der Waals surface area (Å²) in [5.74, 6) is -0.580. The largest absolute Gasteiger partial charge is 0.264 e. The Kier molecular flexibility index (Phi) is 6.33. The SMILES string of the molecule is O=S(=O)(NCC(c1cccnc1)S(=O)(=O)c1ccc(F)cc1)c1cccc(Cl)c1. The zero-order valence-corrected chi connectivity index (χ0v) is 17.3. The molecule has 0 bridgehead atoms. The van der Waals surface area contributed by atoms with Crippen LogP contribution in [0.25, 0.3) is 0 Å². The summed E-state index contributed by atoms with van der Waals surface area (Å²) in [5, 5.41) is -1.04. The van der Waals surface area contributed by atoms with E-state index in [1.807, 2.05) is 0 Å². The second kappa shape index (κ2) is 8.58. The summed E-state index contributed by atoms with van der Waals surface area (Å²) in [6.45, 7) is -0.444. The van der Waals surface area contributed by atoms with Crippen molar-refractivity contribution in [3.8, 4) is 0 Å². The molecular formula is C19H16ClFN2O4S2. The predicted octanol–water partition coefficient (Wildman–Crippen LogP) is 3.37. The first-order chi connectivity index (χ1) is 13.7. The average Bonchev–Trinajstić information content (AvgIpc) is 2.69. The van der Waals surface area contributed by atoms with Crippen LogP contribution in [0.1, 0.15) is 10.8 Å². The maximum atomic E-state index is 13.2. The zero-order valence-electron chi connectivity index (χ0n) is 14.9. The third-order valence-corrected chi connectivity index (χ3v) is 7.91. The number of hydrogen-bond donors (Lipinski definition) is 1. The standard InChI is InChI=1S/C19H16ClFN2O4S2/c20-15-4-1-5-18(11-15)29(26,27)23-13-19(14-3-2-10-22-12-14)28(24,25)17-8-6-16(21)7-9-17/h1-12,19,23H,13H2. The van der Waals surface area contributed by atoms with Crippen molar-refractivity contribution >= 4 is 31.5 Å². The third kappa shape index (κ3) is 4.99. The van der Waals surface area contributed by atoms with Crippen molar-refractivity contribution in [3.05, 3.63) is 89.5 Å². The molecule has 0 spiro atoms. The van der Waals surface area contributed by atoms with E-state index in [4.69, 9.17) is 11.6 Å². The summed E-state index contributed by atoms with van der Waals surface area (Å²) < 4.78 is 67.0. The van der Waals surface area contributed by atoms with Crippen molar-refractivity contribution in [2.24, 2.45) is 0 Å². The molecule has 0 radical (unpaired) electrons. The maximum Gasteiger partial charge on any atom is 0.240 e. The Bertz CT molecular complexity index is 1200. The van der Waals surface area contributed by atoms with Crippen molar-refractivity contribution in [3.63, 3.8) is 0 Å². The van der Waals surface area contributed by atoms with E-state index in [0.717, 1.165) is 24.3 Å². The first-order valence-corrected chi connectivity index (χ1v) is 11.8. The summed E-state index contributed by atoms with van der Waals surface area (Å²) >= 11 is 5.85. The van der Waals surface area contributed by atoms with Crippen molar-refractivity contribution in [1.29, 1.82) is 0 Å². The normalized spacial score (nSPS) is 13.2. The van der Waals surface area contributed by atoms with Gasteiger partial charge in [-0.15, -0.1) is 0 Å². The van der Waals surface area contributed by atoms with Crippen LogP contribution < -0.4 is 4.72 Å². The van der Waals surface area contributed by atoms with Crippen LogP contribution in [-0.2, 0) is 19.9 Å². The summed E-state index contributed by atoms with van der Waals surface area (Å²) in [7, 11) is -8.06. The quantitative estimate of drug-likeness (QED) is 0.552. The monoisotopic (exact) mass is 454 g/mol. The first kappa shape index (κ1) is 21.4. The molecule has 0 aliphatic rings. The summed E-state index contributed by atoms with van der Waals surface area (Å²) in [6, 6.07) is 13.0. The Morgan fingerprint density at radius 2 is 1.69 bits per heavy atom. The molecule has 1 N–H and O–H groups in total. The lowest BCUT2D eigenvalue weighted by Gasteiger charge is -2.19. The van der Waals surface area contributed by atoms with Gasteiger partial charge >= 0.3 is 0 Å². The van der Waals surface area contributed by atoms with Crippen LogP contribution in [0.15, 0.2) is 82.8 Å². The molecule has 1 heterocycles. The molecule has 0 aliphatic heterocycles. The molecule has 0 saturated heterocycles. The fourth-order valence-corrected chi connectivity index (χ4v) is 5.76. The molecule has 1 unspecified atom stereocenters. The smallest absolute Gasteiger partial charge is 0.240 e. The minimum absolute atomic E-state index is 0.0888. The number of halogens is 2. The molecule has 10 heteroatoms. The number of aromatic nitrogens is 1. The van der Waals surface area contributed by atoms with Gasteiger partial charge in [-0.3, -0.25) is 4.98 Å². The van der Waals surface area contributed by atoms with Crippen LogP contribution in [0.3, 0.4) is 0 Å². The Hall–Kier alpha value is -2.33. The first-order valence-electron chi connectivity index (χ1n) is 8.35. The molecule has 0 aliphatic carbocycles. The van der Waals surface area contributed by atoms with E-state index >= 15 is 0 Å². The minimum Gasteiger partial charge on any atom is -0.264 e. The zero-order chi connectivity index (χ0) is 21.1. The third-order valence-electron chi connectivity index (χ3n) is 4.14. The minimum atomic E-state index is -4.04. The predicted molar refractivity (Wildman–Crippen MR) is 107 cm³/mol. The number of sulfone groups is 1. The Balaban J connectivity index is 1.96. The average molecular weight is 455 g/mol. The highest BCUT2D eigenvalue weighted by molar-refractivity contribution is 7.92. The number of hydrogen-bond acceptors (Lipinski definition) is 5. The summed E-state index contributed by atoms with van der Waals surface area (Å²) in [5.41, 5.74) is 0.297. The molecule has 0 amide bonds. The highest BCUT2D eigenvalue weighted by Crippen LogP contribution is 2.29. The van der Waals surface area contributed by atoms with Gasteiger partial charge in [0.05, 0.1) is 9.79 Å². The van der Waals surface area contributed by atoms with E-state index < -0.39 is 37.5 Å². The molecule has 1 aromatic heterocycles. The fourth-order valence-electron chi connectivity index (χ4n) is 2.66. The lowest BCUT2D eigenvalue weighted by atomic mass is 10.2. The highest BCUT2D eigenvalue weighted by Gasteiger charge is 2.31. The molecule has 3 aromatic rings. The van der Waals surface area contributed by atoms with Crippen LogP contribution in [0, 0.1) is 5.82 Å². The molecule has 0 saturated carbocycles. The van der Waals surface area contributed by atoms with Gasteiger partial charge in [0.1, 0.15) is 11.1 Å². The topological polar surface area (TPSA) is 93.2 Å². The van der Waals surface area contributed by atoms with E-state index in [-0.39, 0.29) is 14.8 Å². The lowest BCUT2D eigenvalue weighted by molar-refractivity contribution is 0.568. The van der Waals surface area contributed by atoms with Crippen LogP contribution >= 0.6 is 11.6 Å². The molecule has 152 valence electrons. The molecular weight excluding hydrogens is 439 g/mol. The van der Waals surface area contributed by atoms with Gasteiger partial charge < -0.3 is 0 Å². The molecule has 2 aromatic carbocycles. The number of pyridine rings is 1. The Labute approximate surface area is 173 Å². The molecule has 3 rings (SSSR count). The van der Waals surface area contributed by atoms with Gasteiger partial charge in [0.15, 0.2) is 9.84 Å². The van der Waals surface area contributed by atoms with Gasteiger partial charge in [-0.05, 0) is 54.1 Å². The van der Waals surface area contributed by atoms with Gasteiger partial charge in [-0.1, -0.05) is 23.7 Å². The van der Waals surface area contributed by atoms with Gasteiger partial charge in [-0.25, -0.2) is 25.9 Å². The number of rotatable bonds is 7. The maximum absolute atomic E-state index is 13.2. The Morgan fingerprint density at radius 1 is 0.966 bits per heavy atom. The van der Waals surface area contributed by atoms with Gasteiger partial charge in [0.2, 0.25) is 10.0 Å². The van der Waals surface area contributed by atoms with Crippen LogP contribution in [-0.4, -0.2) is 28.4 Å². The Morgan fingerprint density at radius 3 is 2.31 bits per heavy atom. The van der Waals surface area contributed by atoms with E-state index in [1.165, 1.54) is 42.7 Å². The van der Waals surface area contributed by atoms with Gasteiger partial charge in [-0.2, -0.15) is 0 Å². The fraction of sp³-hybridized carbons (Fsp3) is 0.105. The van der Waals surface area contributed by atoms with E-state index in [9.17, 15) is 21.2 Å². The summed E-state index contributed by atoms with van der Waals surface area (Å²) in [6.07, 6.45) is 2.82. The molecule has 1 atom stereocenters. The highest BCUT2D eigenvalue weighted by atomic mass is 35.5. The number of sulfonamides is 1.